The molecule has 0 fully saturated rings. The van der Waals surface area contributed by atoms with E-state index in [0.29, 0.717) is 18.9 Å². The second kappa shape index (κ2) is 9.78. The molecule has 1 rings (SSSR count). The molecule has 1 aromatic rings. The van der Waals surface area contributed by atoms with E-state index in [-0.39, 0.29) is 5.91 Å². The smallest absolute Gasteiger partial charge is 0.475 e. The summed E-state index contributed by atoms with van der Waals surface area (Å²) in [5.41, 5.74) is 6.73. The SMILES string of the molecule is CC(C)C[C@H](N)C(=O)NCc1cccnc1.O=C(O)C(F)(F)F. The van der Waals surface area contributed by atoms with Crippen LogP contribution in [0.4, 0.5) is 13.2 Å². The highest BCUT2D eigenvalue weighted by molar-refractivity contribution is 5.81. The number of aliphatic carboxylic acids is 1. The van der Waals surface area contributed by atoms with Gasteiger partial charge in [-0.2, -0.15) is 13.2 Å². The van der Waals surface area contributed by atoms with Crippen molar-refractivity contribution in [2.24, 2.45) is 11.7 Å². The molecule has 4 N–H and O–H groups in total. The highest BCUT2D eigenvalue weighted by atomic mass is 19.4. The fourth-order valence-corrected chi connectivity index (χ4v) is 1.44. The number of hydrogen-bond acceptors (Lipinski definition) is 4. The van der Waals surface area contributed by atoms with Crippen molar-refractivity contribution in [3.05, 3.63) is 30.1 Å². The molecule has 23 heavy (non-hydrogen) atoms. The second-order valence-electron chi connectivity index (χ2n) is 5.12. The Kier molecular flexibility index (Phi) is 8.86. The quantitative estimate of drug-likeness (QED) is 0.759. The molecule has 0 bridgehead atoms. The van der Waals surface area contributed by atoms with Crippen LogP contribution in [-0.2, 0) is 16.1 Å². The number of alkyl halides is 3. The van der Waals surface area contributed by atoms with Crippen molar-refractivity contribution in [3.8, 4) is 0 Å². The summed E-state index contributed by atoms with van der Waals surface area (Å²) in [7, 11) is 0. The number of nitrogens with zero attached hydrogens (tertiary/aromatic N) is 1. The molecule has 130 valence electrons. The van der Waals surface area contributed by atoms with E-state index < -0.39 is 18.2 Å². The van der Waals surface area contributed by atoms with Gasteiger partial charge < -0.3 is 16.2 Å². The summed E-state index contributed by atoms with van der Waals surface area (Å²) in [6.45, 7) is 4.58. The molecule has 0 saturated heterocycles. The molecule has 0 aliphatic carbocycles. The average molecular weight is 335 g/mol. The van der Waals surface area contributed by atoms with Crippen molar-refractivity contribution in [2.75, 3.05) is 0 Å². The van der Waals surface area contributed by atoms with Crippen LogP contribution < -0.4 is 11.1 Å². The molecular formula is C14H20F3N3O3. The molecule has 0 unspecified atom stereocenters. The van der Waals surface area contributed by atoms with Crippen LogP contribution in [0.25, 0.3) is 0 Å². The van der Waals surface area contributed by atoms with Crippen LogP contribution in [0.2, 0.25) is 0 Å². The summed E-state index contributed by atoms with van der Waals surface area (Å²) in [4.78, 5) is 24.5. The number of carbonyl (C=O) groups excluding carboxylic acids is 1. The van der Waals surface area contributed by atoms with Gasteiger partial charge in [0.25, 0.3) is 0 Å². The fraction of sp³-hybridized carbons (Fsp3) is 0.500. The molecule has 1 aromatic heterocycles. The van der Waals surface area contributed by atoms with E-state index in [9.17, 15) is 18.0 Å². The normalized spacial score (nSPS) is 12.1. The third kappa shape index (κ3) is 10.2. The van der Waals surface area contributed by atoms with Crippen LogP contribution in [0, 0.1) is 5.92 Å². The lowest BCUT2D eigenvalue weighted by Gasteiger charge is -2.13. The van der Waals surface area contributed by atoms with E-state index in [1.54, 1.807) is 12.4 Å². The minimum absolute atomic E-state index is 0.0995. The van der Waals surface area contributed by atoms with Gasteiger partial charge in [0.2, 0.25) is 5.91 Å². The zero-order valence-corrected chi connectivity index (χ0v) is 12.8. The van der Waals surface area contributed by atoms with Crippen LogP contribution in [0.5, 0.6) is 0 Å². The van der Waals surface area contributed by atoms with E-state index in [4.69, 9.17) is 15.6 Å². The number of amides is 1. The first-order chi connectivity index (χ1) is 10.5. The van der Waals surface area contributed by atoms with Gasteiger partial charge in [-0.05, 0) is 24.0 Å². The zero-order valence-electron chi connectivity index (χ0n) is 12.8. The lowest BCUT2D eigenvalue weighted by Crippen LogP contribution is -2.41. The average Bonchev–Trinajstić information content (AvgIpc) is 2.44. The van der Waals surface area contributed by atoms with E-state index >= 15 is 0 Å². The Bertz CT molecular complexity index is 493. The topological polar surface area (TPSA) is 105 Å². The van der Waals surface area contributed by atoms with E-state index in [2.05, 4.69) is 10.3 Å². The van der Waals surface area contributed by atoms with Crippen molar-refractivity contribution in [1.29, 1.82) is 0 Å². The number of rotatable bonds is 5. The monoisotopic (exact) mass is 335 g/mol. The number of hydrogen-bond donors (Lipinski definition) is 3. The Labute approximate surface area is 131 Å². The molecule has 0 radical (unpaired) electrons. The number of halogens is 3. The van der Waals surface area contributed by atoms with Gasteiger partial charge in [0.15, 0.2) is 0 Å². The molecule has 0 aliphatic rings. The van der Waals surface area contributed by atoms with Crippen LogP contribution in [-0.4, -0.2) is 34.2 Å². The summed E-state index contributed by atoms with van der Waals surface area (Å²) in [5, 5.41) is 9.93. The Balaban J connectivity index is 0.000000585. The van der Waals surface area contributed by atoms with Crippen molar-refractivity contribution in [2.45, 2.75) is 39.0 Å². The molecule has 0 saturated carbocycles. The summed E-state index contributed by atoms with van der Waals surface area (Å²) < 4.78 is 31.7. The molecular weight excluding hydrogens is 315 g/mol. The van der Waals surface area contributed by atoms with Crippen molar-refractivity contribution < 1.29 is 27.9 Å². The lowest BCUT2D eigenvalue weighted by atomic mass is 10.0. The molecule has 0 spiro atoms. The first-order valence-corrected chi connectivity index (χ1v) is 6.76. The summed E-state index contributed by atoms with van der Waals surface area (Å²) >= 11 is 0. The van der Waals surface area contributed by atoms with Gasteiger partial charge in [-0.15, -0.1) is 0 Å². The third-order valence-electron chi connectivity index (χ3n) is 2.49. The Hall–Kier alpha value is -2.16. The van der Waals surface area contributed by atoms with Crippen LogP contribution in [0.1, 0.15) is 25.8 Å². The first kappa shape index (κ1) is 20.8. The van der Waals surface area contributed by atoms with Crippen LogP contribution >= 0.6 is 0 Å². The van der Waals surface area contributed by atoms with Crippen molar-refractivity contribution in [1.82, 2.24) is 10.3 Å². The molecule has 1 heterocycles. The summed E-state index contributed by atoms with van der Waals surface area (Å²) in [5.74, 6) is -2.43. The van der Waals surface area contributed by atoms with Gasteiger partial charge in [0, 0.05) is 18.9 Å². The molecule has 0 aliphatic heterocycles. The maximum atomic E-state index is 11.6. The lowest BCUT2D eigenvalue weighted by molar-refractivity contribution is -0.192. The number of nitrogens with one attached hydrogen (secondary N) is 1. The Morgan fingerprint density at radius 3 is 2.35 bits per heavy atom. The summed E-state index contributed by atoms with van der Waals surface area (Å²) in [6.07, 6.45) is -0.942. The van der Waals surface area contributed by atoms with Gasteiger partial charge in [-0.1, -0.05) is 19.9 Å². The number of carboxylic acids is 1. The largest absolute Gasteiger partial charge is 0.490 e. The number of carboxylic acid groups (broad SMARTS) is 1. The number of aromatic nitrogens is 1. The van der Waals surface area contributed by atoms with Crippen molar-refractivity contribution in [3.63, 3.8) is 0 Å². The van der Waals surface area contributed by atoms with Crippen LogP contribution in [0.3, 0.4) is 0 Å². The fourth-order valence-electron chi connectivity index (χ4n) is 1.44. The molecule has 6 nitrogen and oxygen atoms in total. The van der Waals surface area contributed by atoms with E-state index in [1.165, 1.54) is 0 Å². The predicted octanol–water partition coefficient (Wildman–Crippen LogP) is 1.70. The number of carbonyl (C=O) groups is 2. The van der Waals surface area contributed by atoms with Gasteiger partial charge >= 0.3 is 12.1 Å². The van der Waals surface area contributed by atoms with Gasteiger partial charge in [0.1, 0.15) is 0 Å². The minimum atomic E-state index is -5.08. The maximum Gasteiger partial charge on any atom is 0.490 e. The third-order valence-corrected chi connectivity index (χ3v) is 2.49. The number of pyridine rings is 1. The molecule has 0 aromatic carbocycles. The predicted molar refractivity (Wildman–Crippen MR) is 77.2 cm³/mol. The van der Waals surface area contributed by atoms with Gasteiger partial charge in [-0.3, -0.25) is 9.78 Å². The Morgan fingerprint density at radius 2 is 1.96 bits per heavy atom. The standard InChI is InChI=1S/C12H19N3O.C2HF3O2/c1-9(2)6-11(13)12(16)15-8-10-4-3-5-14-7-10;3-2(4,5)1(6)7/h3-5,7,9,11H,6,8,13H2,1-2H3,(H,15,16);(H,6,7)/t11-;/m0./s1. The van der Waals surface area contributed by atoms with Crippen molar-refractivity contribution >= 4 is 11.9 Å². The molecule has 1 atom stereocenters. The van der Waals surface area contributed by atoms with Gasteiger partial charge in [0.05, 0.1) is 6.04 Å². The van der Waals surface area contributed by atoms with Crippen LogP contribution in [0.15, 0.2) is 24.5 Å². The first-order valence-electron chi connectivity index (χ1n) is 6.76. The minimum Gasteiger partial charge on any atom is -0.475 e. The highest BCUT2D eigenvalue weighted by Crippen LogP contribution is 2.13. The Morgan fingerprint density at radius 1 is 1.39 bits per heavy atom. The molecule has 9 heteroatoms. The summed E-state index contributed by atoms with van der Waals surface area (Å²) in [6, 6.07) is 3.34. The van der Waals surface area contributed by atoms with Gasteiger partial charge in [-0.25, -0.2) is 4.79 Å². The van der Waals surface area contributed by atoms with E-state index in [0.717, 1.165) is 5.56 Å². The highest BCUT2D eigenvalue weighted by Gasteiger charge is 2.38. The van der Waals surface area contributed by atoms with E-state index in [1.807, 2.05) is 26.0 Å². The maximum absolute atomic E-state index is 11.6. The second-order valence-corrected chi connectivity index (χ2v) is 5.12. The molecule has 1 amide bonds. The number of nitrogens with two attached hydrogens (primary N) is 1. The zero-order chi connectivity index (χ0) is 18.0.